The Labute approximate surface area is 145 Å². The molecule has 0 saturated carbocycles. The summed E-state index contributed by atoms with van der Waals surface area (Å²) in [4.78, 5) is 16.1. The van der Waals surface area contributed by atoms with Crippen molar-refractivity contribution >= 4 is 34.8 Å². The summed E-state index contributed by atoms with van der Waals surface area (Å²) in [5.41, 5.74) is 2.63. The van der Waals surface area contributed by atoms with Gasteiger partial charge in [0, 0.05) is 23.3 Å². The van der Waals surface area contributed by atoms with E-state index in [1.54, 1.807) is 18.5 Å². The van der Waals surface area contributed by atoms with Gasteiger partial charge in [0.25, 0.3) is 0 Å². The van der Waals surface area contributed by atoms with Gasteiger partial charge >= 0.3 is 6.09 Å². The molecule has 1 amide bonds. The normalized spacial score (nSPS) is 11.8. The third-order valence-electron chi connectivity index (χ3n) is 3.41. The highest BCUT2D eigenvalue weighted by atomic mass is 16.6. The second-order valence-corrected chi connectivity index (χ2v) is 6.58. The van der Waals surface area contributed by atoms with Crippen molar-refractivity contribution in [3.63, 3.8) is 0 Å². The lowest BCUT2D eigenvalue weighted by molar-refractivity contribution is 0.0636. The van der Waals surface area contributed by atoms with Gasteiger partial charge in [0.05, 0.1) is 16.9 Å². The van der Waals surface area contributed by atoms with Gasteiger partial charge < -0.3 is 4.74 Å². The Morgan fingerprint density at radius 1 is 1.20 bits per heavy atom. The molecule has 0 spiro atoms. The number of aromatic nitrogens is 3. The molecule has 2 aromatic heterocycles. The van der Waals surface area contributed by atoms with E-state index < -0.39 is 11.7 Å². The number of aromatic amines is 1. The number of H-pyrrole nitrogens is 1. The molecule has 0 aliphatic carbocycles. The number of nitrogens with one attached hydrogen (secondary N) is 2. The number of pyridine rings is 1. The monoisotopic (exact) mass is 336 g/mol. The Bertz CT molecular complexity index is 922. The van der Waals surface area contributed by atoms with E-state index in [0.717, 1.165) is 22.2 Å². The second kappa shape index (κ2) is 6.76. The zero-order valence-corrected chi connectivity index (χ0v) is 14.4. The first kappa shape index (κ1) is 16.7. The standard InChI is InChI=1S/C19H20N4O2/c1-19(2,3)25-18(24)21-15-10-11-20-12-13(15)8-9-17-14-6-4-5-7-16(14)22-23-17/h4-12H,1-3H3,(H,22,23)(H,20,21,24). The Kier molecular flexibility index (Phi) is 4.52. The van der Waals surface area contributed by atoms with Crippen LogP contribution in [0.5, 0.6) is 0 Å². The third kappa shape index (κ3) is 4.23. The highest BCUT2D eigenvalue weighted by molar-refractivity contribution is 5.92. The molecule has 0 aliphatic rings. The number of carbonyl (C=O) groups excluding carboxylic acids is 1. The maximum absolute atomic E-state index is 12.0. The minimum absolute atomic E-state index is 0.501. The summed E-state index contributed by atoms with van der Waals surface area (Å²) in [5.74, 6) is 0. The molecule has 0 bridgehead atoms. The van der Waals surface area contributed by atoms with Crippen molar-refractivity contribution in [2.24, 2.45) is 0 Å². The van der Waals surface area contributed by atoms with E-state index in [1.165, 1.54) is 0 Å². The van der Waals surface area contributed by atoms with Crippen LogP contribution in [-0.4, -0.2) is 26.9 Å². The number of hydrogen-bond acceptors (Lipinski definition) is 4. The number of fused-ring (bicyclic) bond motifs is 1. The molecule has 1 aromatic carbocycles. The molecule has 6 nitrogen and oxygen atoms in total. The quantitative estimate of drug-likeness (QED) is 0.739. The summed E-state index contributed by atoms with van der Waals surface area (Å²) >= 11 is 0. The van der Waals surface area contributed by atoms with Crippen molar-refractivity contribution in [2.45, 2.75) is 26.4 Å². The van der Waals surface area contributed by atoms with E-state index in [4.69, 9.17) is 4.74 Å². The molecule has 0 fully saturated rings. The molecule has 2 heterocycles. The van der Waals surface area contributed by atoms with Crippen molar-refractivity contribution in [1.29, 1.82) is 0 Å². The average molecular weight is 336 g/mol. The summed E-state index contributed by atoms with van der Waals surface area (Å²) in [6, 6.07) is 9.62. The largest absolute Gasteiger partial charge is 0.444 e. The summed E-state index contributed by atoms with van der Waals surface area (Å²) in [5, 5.41) is 11.1. The van der Waals surface area contributed by atoms with E-state index in [0.29, 0.717) is 5.69 Å². The van der Waals surface area contributed by atoms with Crippen LogP contribution in [0.25, 0.3) is 23.1 Å². The first-order chi connectivity index (χ1) is 11.9. The first-order valence-corrected chi connectivity index (χ1v) is 7.97. The molecule has 0 unspecified atom stereocenters. The second-order valence-electron chi connectivity index (χ2n) is 6.58. The number of anilines is 1. The van der Waals surface area contributed by atoms with Crippen molar-refractivity contribution in [3.05, 3.63) is 54.0 Å². The van der Waals surface area contributed by atoms with Gasteiger partial charge in [0.2, 0.25) is 0 Å². The zero-order chi connectivity index (χ0) is 17.9. The van der Waals surface area contributed by atoms with E-state index in [1.807, 2.05) is 57.2 Å². The molecule has 6 heteroatoms. The fraction of sp³-hybridized carbons (Fsp3) is 0.211. The van der Waals surface area contributed by atoms with Crippen molar-refractivity contribution in [3.8, 4) is 0 Å². The number of carbonyl (C=O) groups is 1. The molecule has 0 aliphatic heterocycles. The lowest BCUT2D eigenvalue weighted by atomic mass is 10.1. The lowest BCUT2D eigenvalue weighted by Crippen LogP contribution is -2.27. The molecule has 128 valence electrons. The van der Waals surface area contributed by atoms with E-state index in [-0.39, 0.29) is 0 Å². The van der Waals surface area contributed by atoms with Crippen LogP contribution in [0.3, 0.4) is 0 Å². The maximum Gasteiger partial charge on any atom is 0.412 e. The number of hydrogen-bond donors (Lipinski definition) is 2. The zero-order valence-electron chi connectivity index (χ0n) is 14.4. The predicted octanol–water partition coefficient (Wildman–Crippen LogP) is 4.48. The Morgan fingerprint density at radius 2 is 2.00 bits per heavy atom. The van der Waals surface area contributed by atoms with Gasteiger partial charge in [-0.2, -0.15) is 5.10 Å². The number of para-hydroxylation sites is 1. The van der Waals surface area contributed by atoms with Crippen molar-refractivity contribution in [1.82, 2.24) is 15.2 Å². The number of ether oxygens (including phenoxy) is 1. The fourth-order valence-corrected chi connectivity index (χ4v) is 2.35. The number of amides is 1. The Hall–Kier alpha value is -3.15. The summed E-state index contributed by atoms with van der Waals surface area (Å²) in [7, 11) is 0. The van der Waals surface area contributed by atoms with E-state index >= 15 is 0 Å². The minimum Gasteiger partial charge on any atom is -0.444 e. The molecular formula is C19H20N4O2. The summed E-state index contributed by atoms with van der Waals surface area (Å²) in [6.45, 7) is 5.47. The molecule has 0 saturated heterocycles. The van der Waals surface area contributed by atoms with Crippen LogP contribution in [0.2, 0.25) is 0 Å². The van der Waals surface area contributed by atoms with Crippen LogP contribution < -0.4 is 5.32 Å². The van der Waals surface area contributed by atoms with E-state index in [2.05, 4.69) is 20.5 Å². The third-order valence-corrected chi connectivity index (χ3v) is 3.41. The molecule has 3 rings (SSSR count). The molecular weight excluding hydrogens is 316 g/mol. The molecule has 0 atom stereocenters. The topological polar surface area (TPSA) is 79.9 Å². The van der Waals surface area contributed by atoms with Gasteiger partial charge in [0.15, 0.2) is 0 Å². The molecule has 3 aromatic rings. The minimum atomic E-state index is -0.554. The van der Waals surface area contributed by atoms with Crippen molar-refractivity contribution in [2.75, 3.05) is 5.32 Å². The van der Waals surface area contributed by atoms with Gasteiger partial charge in [0.1, 0.15) is 5.60 Å². The smallest absolute Gasteiger partial charge is 0.412 e. The van der Waals surface area contributed by atoms with Crippen molar-refractivity contribution < 1.29 is 9.53 Å². The average Bonchev–Trinajstić information content (AvgIpc) is 2.95. The van der Waals surface area contributed by atoms with Crippen LogP contribution in [0, 0.1) is 0 Å². The van der Waals surface area contributed by atoms with Gasteiger partial charge in [-0.25, -0.2) is 4.79 Å². The van der Waals surface area contributed by atoms with Crippen LogP contribution >= 0.6 is 0 Å². The van der Waals surface area contributed by atoms with Gasteiger partial charge in [-0.15, -0.1) is 0 Å². The predicted molar refractivity (Wildman–Crippen MR) is 99.1 cm³/mol. The molecule has 2 N–H and O–H groups in total. The van der Waals surface area contributed by atoms with Gasteiger partial charge in [-0.3, -0.25) is 15.4 Å². The van der Waals surface area contributed by atoms with Crippen LogP contribution in [0.1, 0.15) is 32.0 Å². The fourth-order valence-electron chi connectivity index (χ4n) is 2.35. The van der Waals surface area contributed by atoms with Crippen LogP contribution in [0.15, 0.2) is 42.7 Å². The SMILES string of the molecule is CC(C)(C)OC(=O)Nc1ccncc1C=Cc1n[nH]c2ccccc12. The van der Waals surface area contributed by atoms with E-state index in [9.17, 15) is 4.79 Å². The number of rotatable bonds is 3. The van der Waals surface area contributed by atoms with Crippen LogP contribution in [0.4, 0.5) is 10.5 Å². The van der Waals surface area contributed by atoms with Gasteiger partial charge in [-0.05, 0) is 45.1 Å². The summed E-state index contributed by atoms with van der Waals surface area (Å²) < 4.78 is 5.29. The Morgan fingerprint density at radius 3 is 2.80 bits per heavy atom. The maximum atomic E-state index is 12.0. The number of nitrogens with zero attached hydrogens (tertiary/aromatic N) is 2. The first-order valence-electron chi connectivity index (χ1n) is 7.97. The summed E-state index contributed by atoms with van der Waals surface area (Å²) in [6.07, 6.45) is 6.54. The number of benzene rings is 1. The highest BCUT2D eigenvalue weighted by Crippen LogP contribution is 2.21. The van der Waals surface area contributed by atoms with Gasteiger partial charge in [-0.1, -0.05) is 18.2 Å². The lowest BCUT2D eigenvalue weighted by Gasteiger charge is -2.20. The highest BCUT2D eigenvalue weighted by Gasteiger charge is 2.16. The molecule has 25 heavy (non-hydrogen) atoms. The molecule has 0 radical (unpaired) electrons. The van der Waals surface area contributed by atoms with Crippen LogP contribution in [-0.2, 0) is 4.74 Å². The Balaban J connectivity index is 1.82.